The van der Waals surface area contributed by atoms with E-state index in [1.54, 1.807) is 16.7 Å². The molecular weight excluding hydrogens is 649 g/mol. The van der Waals surface area contributed by atoms with Crippen LogP contribution in [0.1, 0.15) is 212 Å². The summed E-state index contributed by atoms with van der Waals surface area (Å²) >= 11 is 0. The van der Waals surface area contributed by atoms with E-state index >= 15 is 0 Å². The summed E-state index contributed by atoms with van der Waals surface area (Å²) in [4.78, 5) is 0. The van der Waals surface area contributed by atoms with Crippen molar-refractivity contribution in [2.45, 2.75) is 207 Å². The summed E-state index contributed by atoms with van der Waals surface area (Å²) < 4.78 is 0. The van der Waals surface area contributed by atoms with E-state index in [0.717, 1.165) is 12.8 Å². The van der Waals surface area contributed by atoms with Crippen LogP contribution in [0.5, 0.6) is 0 Å². The van der Waals surface area contributed by atoms with Crippen LogP contribution in [-0.2, 0) is 5.41 Å². The number of hydrogen-bond acceptors (Lipinski definition) is 0. The van der Waals surface area contributed by atoms with E-state index in [0.29, 0.717) is 5.92 Å². The molecule has 0 bridgehead atoms. The minimum atomic E-state index is -0.308. The maximum absolute atomic E-state index is 2.78. The van der Waals surface area contributed by atoms with Crippen LogP contribution in [0.4, 0.5) is 0 Å². The van der Waals surface area contributed by atoms with Crippen LogP contribution < -0.4 is 0 Å². The van der Waals surface area contributed by atoms with Crippen molar-refractivity contribution < 1.29 is 0 Å². The van der Waals surface area contributed by atoms with Crippen LogP contribution >= 0.6 is 0 Å². The van der Waals surface area contributed by atoms with Gasteiger partial charge in [0.25, 0.3) is 0 Å². The van der Waals surface area contributed by atoms with Crippen molar-refractivity contribution in [1.82, 2.24) is 0 Å². The van der Waals surface area contributed by atoms with Crippen molar-refractivity contribution in [3.05, 3.63) is 94.1 Å². The quantitative estimate of drug-likeness (QED) is 0.120. The van der Waals surface area contributed by atoms with Gasteiger partial charge in [-0.1, -0.05) is 221 Å². The topological polar surface area (TPSA) is 0 Å². The zero-order valence-corrected chi connectivity index (χ0v) is 39.0. The lowest BCUT2D eigenvalue weighted by molar-refractivity contribution is 0.0133. The van der Waals surface area contributed by atoms with E-state index in [-0.39, 0.29) is 37.9 Å². The Labute approximate surface area is 337 Å². The van der Waals surface area contributed by atoms with Crippen LogP contribution in [-0.4, -0.2) is 0 Å². The molecule has 5 unspecified atom stereocenters. The Kier molecular flexibility index (Phi) is 15.4. The zero-order valence-electron chi connectivity index (χ0n) is 39.0. The van der Waals surface area contributed by atoms with Gasteiger partial charge in [0.1, 0.15) is 0 Å². The minimum Gasteiger partial charge on any atom is -0.0654 e. The van der Waals surface area contributed by atoms with E-state index in [1.807, 2.05) is 5.57 Å². The van der Waals surface area contributed by atoms with Crippen LogP contribution in [0, 0.1) is 38.4 Å². The monoisotopic (exact) mass is 737 g/mol. The van der Waals surface area contributed by atoms with E-state index in [1.165, 1.54) is 81.8 Å². The Balaban J connectivity index is 3.05. The molecule has 0 N–H and O–H groups in total. The molecule has 0 heteroatoms. The number of allylic oxidation sites excluding steroid dienone is 4. The molecule has 0 aromatic heterocycles. The Morgan fingerprint density at radius 3 is 1.28 bits per heavy atom. The molecule has 5 atom stereocenters. The lowest BCUT2D eigenvalue weighted by Crippen LogP contribution is -2.55. The summed E-state index contributed by atoms with van der Waals surface area (Å²) in [6.45, 7) is 44.0. The molecule has 2 aromatic rings. The predicted octanol–water partition coefficient (Wildman–Crippen LogP) is 17.5. The first kappa shape index (κ1) is 46.3. The molecule has 0 spiro atoms. The highest BCUT2D eigenvalue weighted by Gasteiger charge is 2.62. The minimum absolute atomic E-state index is 0.0189. The van der Waals surface area contributed by atoms with Crippen LogP contribution in [0.15, 0.2) is 83.0 Å². The number of benzene rings is 2. The van der Waals surface area contributed by atoms with E-state index in [9.17, 15) is 0 Å². The fourth-order valence-electron chi connectivity index (χ4n) is 13.1. The Bertz CT molecular complexity index is 1490. The van der Waals surface area contributed by atoms with Gasteiger partial charge >= 0.3 is 0 Å². The Morgan fingerprint density at radius 2 is 0.907 bits per heavy atom. The van der Waals surface area contributed by atoms with Crippen molar-refractivity contribution in [3.63, 3.8) is 0 Å². The van der Waals surface area contributed by atoms with E-state index in [4.69, 9.17) is 0 Å². The molecule has 0 heterocycles. The van der Waals surface area contributed by atoms with Gasteiger partial charge in [-0.15, -0.1) is 0 Å². The zero-order chi connectivity index (χ0) is 40.8. The van der Waals surface area contributed by atoms with E-state index < -0.39 is 0 Å². The molecule has 304 valence electrons. The molecule has 3 rings (SSSR count). The lowest BCUT2D eigenvalue weighted by Gasteiger charge is -2.64. The standard InChI is InChI=1S/C54H88/c1-18-36-48(10,11)52(16,39-21-4)44-41(9)46(50(14,23-6)38-20-3)51(15,24-7)47(53(17,40-22-5)49(12,13)37-19-2)45(44)54(25-8,42-32-28-26-29-33-42)43-34-30-27-31-35-43/h26-35,46H,18-25,36-40H2,1-17H3. The largest absolute Gasteiger partial charge is 0.0654 e. The first-order valence-corrected chi connectivity index (χ1v) is 22.9. The Morgan fingerprint density at radius 1 is 0.500 bits per heavy atom. The second-order valence-corrected chi connectivity index (χ2v) is 20.2. The van der Waals surface area contributed by atoms with Crippen molar-refractivity contribution in [1.29, 1.82) is 0 Å². The highest BCUT2D eigenvalue weighted by Crippen LogP contribution is 2.72. The summed E-state index contributed by atoms with van der Waals surface area (Å²) in [7, 11) is 0. The van der Waals surface area contributed by atoms with Gasteiger partial charge in [-0.2, -0.15) is 0 Å². The summed E-state index contributed by atoms with van der Waals surface area (Å²) in [5.41, 5.74) is 9.94. The molecule has 0 saturated carbocycles. The van der Waals surface area contributed by atoms with Gasteiger partial charge in [-0.25, -0.2) is 0 Å². The predicted molar refractivity (Wildman–Crippen MR) is 242 cm³/mol. The summed E-state index contributed by atoms with van der Waals surface area (Å²) in [5.74, 6) is 0.456. The maximum atomic E-state index is 2.78. The highest BCUT2D eigenvalue weighted by atomic mass is 14.7. The molecule has 54 heavy (non-hydrogen) atoms. The summed E-state index contributed by atoms with van der Waals surface area (Å²) in [6, 6.07) is 23.7. The second kappa shape index (κ2) is 18.0. The van der Waals surface area contributed by atoms with Crippen molar-refractivity contribution >= 4 is 0 Å². The molecule has 0 amide bonds. The molecule has 1 aliphatic carbocycles. The van der Waals surface area contributed by atoms with Crippen molar-refractivity contribution in [3.8, 4) is 0 Å². The lowest BCUT2D eigenvalue weighted by atomic mass is 9.39. The third-order valence-electron chi connectivity index (χ3n) is 16.4. The third-order valence-corrected chi connectivity index (χ3v) is 16.4. The molecular formula is C54H88. The van der Waals surface area contributed by atoms with Gasteiger partial charge in [0.05, 0.1) is 0 Å². The summed E-state index contributed by atoms with van der Waals surface area (Å²) in [5, 5.41) is 0. The van der Waals surface area contributed by atoms with Crippen molar-refractivity contribution in [2.24, 2.45) is 38.4 Å². The molecule has 0 fully saturated rings. The molecule has 2 aromatic carbocycles. The number of rotatable bonds is 21. The van der Waals surface area contributed by atoms with Crippen molar-refractivity contribution in [2.75, 3.05) is 0 Å². The highest BCUT2D eigenvalue weighted by molar-refractivity contribution is 5.65. The average molecular weight is 737 g/mol. The molecule has 1 aliphatic rings. The molecule has 0 aliphatic heterocycles. The first-order valence-electron chi connectivity index (χ1n) is 22.9. The van der Waals surface area contributed by atoms with Gasteiger partial charge in [0, 0.05) is 5.41 Å². The van der Waals surface area contributed by atoms with Gasteiger partial charge in [-0.3, -0.25) is 0 Å². The molecule has 0 radical (unpaired) electrons. The first-order chi connectivity index (χ1) is 25.3. The summed E-state index contributed by atoms with van der Waals surface area (Å²) in [6.07, 6.45) is 15.5. The third kappa shape index (κ3) is 7.66. The van der Waals surface area contributed by atoms with Crippen LogP contribution in [0.25, 0.3) is 0 Å². The normalized spacial score (nSPS) is 22.2. The van der Waals surface area contributed by atoms with Gasteiger partial charge in [0.2, 0.25) is 0 Å². The fourth-order valence-corrected chi connectivity index (χ4v) is 13.1. The SMILES string of the molecule is CCCC(C)(CC)C1C(C)=C(C(C)(CCC)C(C)(C)CCC)C(C(CC)(c2ccccc2)c2ccccc2)=C(C(C)(CCC)C(C)(C)CCC)C1(C)CC. The van der Waals surface area contributed by atoms with Gasteiger partial charge < -0.3 is 0 Å². The molecule has 0 saturated heterocycles. The average Bonchev–Trinajstić information content (AvgIpc) is 3.13. The van der Waals surface area contributed by atoms with Gasteiger partial charge in [0.15, 0.2) is 0 Å². The maximum Gasteiger partial charge on any atom is 0.0451 e. The van der Waals surface area contributed by atoms with Gasteiger partial charge in [-0.05, 0) is 113 Å². The fraction of sp³-hybridized carbons (Fsp3) is 0.704. The second-order valence-electron chi connectivity index (χ2n) is 20.2. The smallest absolute Gasteiger partial charge is 0.0451 e. The van der Waals surface area contributed by atoms with E-state index in [2.05, 4.69) is 178 Å². The van der Waals surface area contributed by atoms with Crippen LogP contribution in [0.3, 0.4) is 0 Å². The Hall–Kier alpha value is -2.08. The molecule has 0 nitrogen and oxygen atoms in total. The number of hydrogen-bond donors (Lipinski definition) is 0. The van der Waals surface area contributed by atoms with Crippen LogP contribution in [0.2, 0.25) is 0 Å².